The molecule has 3 nitrogen and oxygen atoms in total. The summed E-state index contributed by atoms with van der Waals surface area (Å²) in [6, 6.07) is 2.12. The molecular weight excluding hydrogens is 230 g/mol. The fourth-order valence-electron chi connectivity index (χ4n) is 1.49. The average Bonchev–Trinajstić information content (AvgIpc) is 2.84. The van der Waals surface area contributed by atoms with E-state index >= 15 is 0 Å². The quantitative estimate of drug-likeness (QED) is 0.712. The minimum atomic E-state index is 0.833. The molecule has 4 heteroatoms. The van der Waals surface area contributed by atoms with Gasteiger partial charge in [-0.1, -0.05) is 32.9 Å². The van der Waals surface area contributed by atoms with E-state index in [9.17, 15) is 0 Å². The molecule has 90 valence electrons. The van der Waals surface area contributed by atoms with Crippen molar-refractivity contribution in [3.8, 4) is 5.00 Å². The summed E-state index contributed by atoms with van der Waals surface area (Å²) in [5.41, 5.74) is 1.25. The first-order valence-electron chi connectivity index (χ1n) is 5.81. The molecule has 0 aliphatic carbocycles. The summed E-state index contributed by atoms with van der Waals surface area (Å²) in [6.07, 6.45) is 6.90. The van der Waals surface area contributed by atoms with Crippen LogP contribution in [0.4, 0.5) is 0 Å². The van der Waals surface area contributed by atoms with Gasteiger partial charge in [0.25, 0.3) is 0 Å². The van der Waals surface area contributed by atoms with Crippen LogP contribution in [0.25, 0.3) is 11.1 Å². The molecule has 0 radical (unpaired) electrons. The van der Waals surface area contributed by atoms with E-state index in [-0.39, 0.29) is 0 Å². The number of allylic oxidation sites excluding steroid dienone is 1. The minimum absolute atomic E-state index is 0.833. The minimum Gasteiger partial charge on any atom is -0.276 e. The van der Waals surface area contributed by atoms with Gasteiger partial charge in [0.1, 0.15) is 17.2 Å². The summed E-state index contributed by atoms with van der Waals surface area (Å²) < 4.78 is 2.06. The summed E-state index contributed by atoms with van der Waals surface area (Å²) in [4.78, 5) is 0. The molecule has 0 amide bonds. The first kappa shape index (κ1) is 12.0. The van der Waals surface area contributed by atoms with Gasteiger partial charge in [-0.25, -0.2) is 0 Å². The molecule has 0 bridgehead atoms. The van der Waals surface area contributed by atoms with Crippen LogP contribution in [0.15, 0.2) is 23.8 Å². The fraction of sp³-hybridized carbons (Fsp3) is 0.385. The van der Waals surface area contributed by atoms with Crippen molar-refractivity contribution in [1.29, 1.82) is 0 Å². The molecule has 2 aromatic heterocycles. The van der Waals surface area contributed by atoms with Gasteiger partial charge in [0, 0.05) is 12.0 Å². The van der Waals surface area contributed by atoms with Crippen molar-refractivity contribution in [3.05, 3.63) is 35.2 Å². The third-order valence-corrected chi connectivity index (χ3v) is 3.04. The highest BCUT2D eigenvalue weighted by Gasteiger charge is 2.11. The lowest BCUT2D eigenvalue weighted by molar-refractivity contribution is 0.737. The molecule has 0 saturated heterocycles. The van der Waals surface area contributed by atoms with Gasteiger partial charge in [-0.05, 0) is 17.4 Å². The van der Waals surface area contributed by atoms with E-state index in [1.807, 2.05) is 0 Å². The van der Waals surface area contributed by atoms with Crippen molar-refractivity contribution in [1.82, 2.24) is 14.8 Å². The highest BCUT2D eigenvalue weighted by molar-refractivity contribution is 7.12. The van der Waals surface area contributed by atoms with Crippen LogP contribution in [-0.4, -0.2) is 14.8 Å². The molecule has 0 saturated carbocycles. The Labute approximate surface area is 106 Å². The number of nitrogens with zero attached hydrogens (tertiary/aromatic N) is 3. The lowest BCUT2D eigenvalue weighted by Gasteiger charge is -1.99. The Morgan fingerprint density at radius 3 is 2.88 bits per heavy atom. The molecule has 1 aliphatic heterocycles. The van der Waals surface area contributed by atoms with E-state index < -0.39 is 0 Å². The lowest BCUT2D eigenvalue weighted by atomic mass is 10.3. The molecular formula is C13H17N3S. The number of thiophene rings is 1. The molecule has 0 unspecified atom stereocenters. The van der Waals surface area contributed by atoms with Crippen molar-refractivity contribution in [3.63, 3.8) is 0 Å². The Kier molecular flexibility index (Phi) is 3.74. The van der Waals surface area contributed by atoms with Gasteiger partial charge in [0.15, 0.2) is 0 Å². The predicted molar refractivity (Wildman–Crippen MR) is 72.5 cm³/mol. The van der Waals surface area contributed by atoms with Crippen LogP contribution in [0.2, 0.25) is 0 Å². The molecule has 0 N–H and O–H groups in total. The van der Waals surface area contributed by atoms with Crippen molar-refractivity contribution >= 4 is 17.4 Å². The number of aromatic nitrogens is 3. The van der Waals surface area contributed by atoms with Crippen molar-refractivity contribution in [2.45, 2.75) is 27.2 Å². The SMILES string of the molecule is C1=Cc2ccsc2-n2cnnc2C1.CC(C)C. The van der Waals surface area contributed by atoms with Gasteiger partial charge in [-0.15, -0.1) is 21.5 Å². The van der Waals surface area contributed by atoms with Crippen LogP contribution in [-0.2, 0) is 6.42 Å². The monoisotopic (exact) mass is 247 g/mol. The molecule has 17 heavy (non-hydrogen) atoms. The smallest absolute Gasteiger partial charge is 0.141 e. The van der Waals surface area contributed by atoms with Gasteiger partial charge in [-0.3, -0.25) is 4.57 Å². The molecule has 3 heterocycles. The fourth-order valence-corrected chi connectivity index (χ4v) is 2.37. The van der Waals surface area contributed by atoms with E-state index in [0.717, 1.165) is 18.2 Å². The van der Waals surface area contributed by atoms with Gasteiger partial charge < -0.3 is 0 Å². The number of hydrogen-bond donors (Lipinski definition) is 0. The second kappa shape index (κ2) is 5.27. The normalized spacial score (nSPS) is 12.5. The Balaban J connectivity index is 0.000000239. The van der Waals surface area contributed by atoms with Gasteiger partial charge in [0.05, 0.1) is 0 Å². The van der Waals surface area contributed by atoms with Crippen molar-refractivity contribution in [2.24, 2.45) is 5.92 Å². The third kappa shape index (κ3) is 2.82. The Bertz CT molecular complexity index is 505. The maximum absolute atomic E-state index is 4.06. The summed E-state index contributed by atoms with van der Waals surface area (Å²) in [5.74, 6) is 1.84. The van der Waals surface area contributed by atoms with Gasteiger partial charge in [0.2, 0.25) is 0 Å². The van der Waals surface area contributed by atoms with Gasteiger partial charge >= 0.3 is 0 Å². The zero-order valence-corrected chi connectivity index (χ0v) is 11.2. The lowest BCUT2D eigenvalue weighted by Crippen LogP contribution is -1.95. The summed E-state index contributed by atoms with van der Waals surface area (Å²) >= 11 is 1.72. The van der Waals surface area contributed by atoms with Crippen LogP contribution >= 0.6 is 11.3 Å². The number of hydrogen-bond acceptors (Lipinski definition) is 3. The second-order valence-corrected chi connectivity index (χ2v) is 5.53. The third-order valence-electron chi connectivity index (χ3n) is 2.11. The van der Waals surface area contributed by atoms with Crippen LogP contribution < -0.4 is 0 Å². The van der Waals surface area contributed by atoms with E-state index in [1.165, 1.54) is 10.6 Å². The standard InChI is InChI=1S/C9H7N3S.C4H10/c1-2-7-4-5-13-9(7)12-6-10-11-8(12)3-1;1-4(2)3/h1-2,4-6H,3H2;4H,1-3H3. The van der Waals surface area contributed by atoms with Crippen LogP contribution in [0.1, 0.15) is 32.2 Å². The molecule has 1 aliphatic rings. The molecule has 0 spiro atoms. The summed E-state index contributed by atoms with van der Waals surface area (Å²) in [5, 5.41) is 11.3. The Morgan fingerprint density at radius 1 is 1.35 bits per heavy atom. The maximum atomic E-state index is 4.06. The first-order chi connectivity index (χ1) is 8.18. The Morgan fingerprint density at radius 2 is 2.12 bits per heavy atom. The van der Waals surface area contributed by atoms with Crippen LogP contribution in [0, 0.1) is 5.92 Å². The van der Waals surface area contributed by atoms with Crippen LogP contribution in [0.3, 0.4) is 0 Å². The molecule has 3 rings (SSSR count). The predicted octanol–water partition coefficient (Wildman–Crippen LogP) is 3.56. The number of rotatable bonds is 0. The first-order valence-corrected chi connectivity index (χ1v) is 6.69. The van der Waals surface area contributed by atoms with Crippen LogP contribution in [0.5, 0.6) is 0 Å². The largest absolute Gasteiger partial charge is 0.276 e. The number of fused-ring (bicyclic) bond motifs is 3. The zero-order valence-electron chi connectivity index (χ0n) is 10.4. The van der Waals surface area contributed by atoms with E-state index in [0.29, 0.717) is 0 Å². The summed E-state index contributed by atoms with van der Waals surface area (Å²) in [7, 11) is 0. The molecule has 0 atom stereocenters. The highest BCUT2D eigenvalue weighted by Crippen LogP contribution is 2.26. The second-order valence-electron chi connectivity index (χ2n) is 4.64. The zero-order chi connectivity index (χ0) is 12.3. The van der Waals surface area contributed by atoms with Gasteiger partial charge in [-0.2, -0.15) is 0 Å². The average molecular weight is 247 g/mol. The maximum Gasteiger partial charge on any atom is 0.141 e. The molecule has 0 fully saturated rings. The van der Waals surface area contributed by atoms with E-state index in [4.69, 9.17) is 0 Å². The Hall–Kier alpha value is -1.42. The summed E-state index contributed by atoms with van der Waals surface area (Å²) in [6.45, 7) is 6.50. The van der Waals surface area contributed by atoms with Crippen molar-refractivity contribution in [2.75, 3.05) is 0 Å². The van der Waals surface area contributed by atoms with E-state index in [2.05, 4.69) is 59.1 Å². The highest BCUT2D eigenvalue weighted by atomic mass is 32.1. The van der Waals surface area contributed by atoms with Crippen molar-refractivity contribution < 1.29 is 0 Å². The topological polar surface area (TPSA) is 30.7 Å². The van der Waals surface area contributed by atoms with E-state index in [1.54, 1.807) is 17.7 Å². The molecule has 0 aromatic carbocycles. The molecule has 2 aromatic rings.